The highest BCUT2D eigenvalue weighted by Crippen LogP contribution is 2.16. The molecule has 162 valence electrons. The summed E-state index contributed by atoms with van der Waals surface area (Å²) in [5, 5.41) is 2.96. The second-order valence-electron chi connectivity index (χ2n) is 7.52. The van der Waals surface area contributed by atoms with Gasteiger partial charge in [0.25, 0.3) is 0 Å². The Morgan fingerprint density at radius 2 is 1.70 bits per heavy atom. The molecule has 0 unspecified atom stereocenters. The van der Waals surface area contributed by atoms with E-state index in [1.54, 1.807) is 16.7 Å². The van der Waals surface area contributed by atoms with Crippen molar-refractivity contribution in [1.82, 2.24) is 10.2 Å². The lowest BCUT2D eigenvalue weighted by atomic mass is 10.1. The molecule has 0 radical (unpaired) electrons. The van der Waals surface area contributed by atoms with Crippen LogP contribution in [-0.2, 0) is 21.8 Å². The van der Waals surface area contributed by atoms with Crippen molar-refractivity contribution in [2.45, 2.75) is 51.8 Å². The minimum atomic E-state index is -0.423. The van der Waals surface area contributed by atoms with Gasteiger partial charge in [0, 0.05) is 18.8 Å². The van der Waals surface area contributed by atoms with E-state index in [9.17, 15) is 9.59 Å². The lowest BCUT2D eigenvalue weighted by molar-refractivity contribution is -0.138. The molecule has 0 aliphatic rings. The summed E-state index contributed by atoms with van der Waals surface area (Å²) in [5.74, 6) is 1.14. The average Bonchev–Trinajstić information content (AvgIpc) is 2.77. The third kappa shape index (κ3) is 7.86. The molecule has 5 heteroatoms. The lowest BCUT2D eigenvalue weighted by Gasteiger charge is -2.30. The van der Waals surface area contributed by atoms with Gasteiger partial charge in [-0.05, 0) is 37.3 Å². The zero-order valence-corrected chi connectivity index (χ0v) is 19.2. The van der Waals surface area contributed by atoms with Gasteiger partial charge in [-0.1, -0.05) is 74.0 Å². The molecule has 0 saturated heterocycles. The summed E-state index contributed by atoms with van der Waals surface area (Å²) in [4.78, 5) is 27.6. The van der Waals surface area contributed by atoms with E-state index in [2.05, 4.69) is 48.6 Å². The van der Waals surface area contributed by atoms with Gasteiger partial charge < -0.3 is 10.2 Å². The quantitative estimate of drug-likeness (QED) is 0.539. The number of nitrogens with zero attached hydrogens (tertiary/aromatic N) is 1. The molecule has 0 spiro atoms. The molecule has 2 aromatic carbocycles. The molecule has 1 atom stereocenters. The second-order valence-corrected chi connectivity index (χ2v) is 8.50. The van der Waals surface area contributed by atoms with E-state index in [-0.39, 0.29) is 11.8 Å². The molecule has 2 amide bonds. The number of amides is 2. The standard InChI is InChI=1S/C25H34N2O2S/c1-4-16-26-25(29)23(5-2)27(17-15-21-9-7-6-8-10-21)24(28)19-30-18-22-13-11-20(3)12-14-22/h6-14,23H,4-5,15-19H2,1-3H3,(H,26,29)/t23-/m0/s1. The van der Waals surface area contributed by atoms with E-state index < -0.39 is 6.04 Å². The van der Waals surface area contributed by atoms with E-state index in [1.807, 2.05) is 32.0 Å². The first-order valence-corrected chi connectivity index (χ1v) is 11.9. The van der Waals surface area contributed by atoms with E-state index in [1.165, 1.54) is 16.7 Å². The minimum absolute atomic E-state index is 0.0292. The Balaban J connectivity index is 2.02. The van der Waals surface area contributed by atoms with Crippen LogP contribution >= 0.6 is 11.8 Å². The van der Waals surface area contributed by atoms with Crippen molar-refractivity contribution < 1.29 is 9.59 Å². The molecular weight excluding hydrogens is 392 g/mol. The highest BCUT2D eigenvalue weighted by Gasteiger charge is 2.27. The number of hydrogen-bond acceptors (Lipinski definition) is 3. The average molecular weight is 427 g/mol. The van der Waals surface area contributed by atoms with Crippen molar-refractivity contribution in [3.63, 3.8) is 0 Å². The molecule has 30 heavy (non-hydrogen) atoms. The minimum Gasteiger partial charge on any atom is -0.354 e. The third-order valence-electron chi connectivity index (χ3n) is 5.03. The highest BCUT2D eigenvalue weighted by molar-refractivity contribution is 7.99. The van der Waals surface area contributed by atoms with Gasteiger partial charge in [-0.2, -0.15) is 0 Å². The Morgan fingerprint density at radius 3 is 2.33 bits per heavy atom. The van der Waals surface area contributed by atoms with Gasteiger partial charge in [-0.25, -0.2) is 0 Å². The van der Waals surface area contributed by atoms with Gasteiger partial charge in [0.1, 0.15) is 6.04 Å². The zero-order chi connectivity index (χ0) is 21.8. The number of carbonyl (C=O) groups excluding carboxylic acids is 2. The van der Waals surface area contributed by atoms with Gasteiger partial charge in [0.15, 0.2) is 0 Å². The van der Waals surface area contributed by atoms with Crippen LogP contribution in [0.2, 0.25) is 0 Å². The zero-order valence-electron chi connectivity index (χ0n) is 18.4. The number of benzene rings is 2. The van der Waals surface area contributed by atoms with Crippen LogP contribution in [0.15, 0.2) is 54.6 Å². The Hall–Kier alpha value is -2.27. The largest absolute Gasteiger partial charge is 0.354 e. The van der Waals surface area contributed by atoms with Crippen molar-refractivity contribution >= 4 is 23.6 Å². The maximum absolute atomic E-state index is 13.1. The Labute approximate surface area is 185 Å². The van der Waals surface area contributed by atoms with Crippen LogP contribution in [-0.4, -0.2) is 41.6 Å². The van der Waals surface area contributed by atoms with Gasteiger partial charge in [0.05, 0.1) is 5.75 Å². The first-order chi connectivity index (χ1) is 14.5. The summed E-state index contributed by atoms with van der Waals surface area (Å²) in [5.41, 5.74) is 3.61. The second kappa shape index (κ2) is 13.1. The first kappa shape index (κ1) is 24.0. The normalized spacial score (nSPS) is 11.7. The fourth-order valence-corrected chi connectivity index (χ4v) is 4.16. The summed E-state index contributed by atoms with van der Waals surface area (Å²) in [6.45, 7) is 7.25. The summed E-state index contributed by atoms with van der Waals surface area (Å²) in [6.07, 6.45) is 2.23. The van der Waals surface area contributed by atoms with Crippen molar-refractivity contribution in [1.29, 1.82) is 0 Å². The fraction of sp³-hybridized carbons (Fsp3) is 0.440. The van der Waals surface area contributed by atoms with Crippen LogP contribution in [0, 0.1) is 6.92 Å². The number of hydrogen-bond donors (Lipinski definition) is 1. The number of thioether (sulfide) groups is 1. The first-order valence-electron chi connectivity index (χ1n) is 10.8. The van der Waals surface area contributed by atoms with Crippen LogP contribution in [0.5, 0.6) is 0 Å². The van der Waals surface area contributed by atoms with Crippen molar-refractivity contribution in [3.05, 3.63) is 71.3 Å². The predicted octanol–water partition coefficient (Wildman–Crippen LogP) is 4.60. The van der Waals surface area contributed by atoms with Crippen molar-refractivity contribution in [2.75, 3.05) is 18.8 Å². The highest BCUT2D eigenvalue weighted by atomic mass is 32.2. The van der Waals surface area contributed by atoms with Crippen molar-refractivity contribution in [3.8, 4) is 0 Å². The number of carbonyl (C=O) groups is 2. The SMILES string of the molecule is CCCNC(=O)[C@H](CC)N(CCc1ccccc1)C(=O)CSCc1ccc(C)cc1. The van der Waals surface area contributed by atoms with Crippen LogP contribution in [0.1, 0.15) is 43.4 Å². The topological polar surface area (TPSA) is 49.4 Å². The Kier molecular flexibility index (Phi) is 10.5. The molecule has 0 heterocycles. The predicted molar refractivity (Wildman–Crippen MR) is 127 cm³/mol. The van der Waals surface area contributed by atoms with Crippen LogP contribution < -0.4 is 5.32 Å². The lowest BCUT2D eigenvalue weighted by Crippen LogP contribution is -2.50. The molecule has 2 rings (SSSR count). The van der Waals surface area contributed by atoms with Gasteiger partial charge in [-0.15, -0.1) is 11.8 Å². The third-order valence-corrected chi connectivity index (χ3v) is 6.02. The maximum Gasteiger partial charge on any atom is 0.242 e. The molecule has 4 nitrogen and oxygen atoms in total. The van der Waals surface area contributed by atoms with Crippen LogP contribution in [0.3, 0.4) is 0 Å². The molecule has 1 N–H and O–H groups in total. The van der Waals surface area contributed by atoms with Gasteiger partial charge >= 0.3 is 0 Å². The van der Waals surface area contributed by atoms with E-state index in [4.69, 9.17) is 0 Å². The van der Waals surface area contributed by atoms with E-state index in [0.29, 0.717) is 25.3 Å². The molecule has 0 aromatic heterocycles. The molecular formula is C25H34N2O2S. The fourth-order valence-electron chi connectivity index (χ4n) is 3.29. The molecule has 0 bridgehead atoms. The number of nitrogens with one attached hydrogen (secondary N) is 1. The van der Waals surface area contributed by atoms with E-state index >= 15 is 0 Å². The molecule has 0 saturated carbocycles. The smallest absolute Gasteiger partial charge is 0.242 e. The van der Waals surface area contributed by atoms with Gasteiger partial charge in [-0.3, -0.25) is 9.59 Å². The monoisotopic (exact) mass is 426 g/mol. The molecule has 2 aromatic rings. The van der Waals surface area contributed by atoms with Crippen LogP contribution in [0.25, 0.3) is 0 Å². The van der Waals surface area contributed by atoms with E-state index in [0.717, 1.165) is 18.6 Å². The Morgan fingerprint density at radius 1 is 1.00 bits per heavy atom. The molecule has 0 aliphatic heterocycles. The van der Waals surface area contributed by atoms with Gasteiger partial charge in [0.2, 0.25) is 11.8 Å². The van der Waals surface area contributed by atoms with Crippen LogP contribution in [0.4, 0.5) is 0 Å². The summed E-state index contributed by atoms with van der Waals surface area (Å²) in [6, 6.07) is 18.1. The maximum atomic E-state index is 13.1. The molecule has 0 fully saturated rings. The Bertz CT molecular complexity index is 777. The number of aryl methyl sites for hydroxylation is 1. The summed E-state index contributed by atoms with van der Waals surface area (Å²) >= 11 is 1.60. The number of rotatable bonds is 12. The molecule has 0 aliphatic carbocycles. The summed E-state index contributed by atoms with van der Waals surface area (Å²) in [7, 11) is 0. The van der Waals surface area contributed by atoms with Crippen molar-refractivity contribution in [2.24, 2.45) is 0 Å². The summed E-state index contributed by atoms with van der Waals surface area (Å²) < 4.78 is 0.